The molecule has 1 rings (SSSR count). The topological polar surface area (TPSA) is 20.3 Å². The summed E-state index contributed by atoms with van der Waals surface area (Å²) in [5.74, 6) is 1.23. The van der Waals surface area contributed by atoms with Crippen LogP contribution < -0.4 is 0 Å². The van der Waals surface area contributed by atoms with Crippen molar-refractivity contribution in [3.05, 3.63) is 0 Å². The standard InChI is InChI=1S/C12H22BrNO/c1-4-5-9(2)12(15)14(3)8-10-6-11(13)7-10/h9-11H,4-8H2,1-3H3. The largest absolute Gasteiger partial charge is 0.345 e. The van der Waals surface area contributed by atoms with E-state index in [1.807, 2.05) is 18.9 Å². The van der Waals surface area contributed by atoms with Gasteiger partial charge in [-0.25, -0.2) is 0 Å². The minimum Gasteiger partial charge on any atom is -0.345 e. The summed E-state index contributed by atoms with van der Waals surface area (Å²) in [6.45, 7) is 5.11. The molecule has 0 aromatic rings. The van der Waals surface area contributed by atoms with E-state index in [0.717, 1.165) is 25.3 Å². The van der Waals surface area contributed by atoms with Gasteiger partial charge in [0, 0.05) is 24.3 Å². The van der Waals surface area contributed by atoms with Gasteiger partial charge >= 0.3 is 0 Å². The molecule has 2 nitrogen and oxygen atoms in total. The first-order valence-electron chi connectivity index (χ1n) is 5.93. The lowest BCUT2D eigenvalue weighted by molar-refractivity contribution is -0.134. The molecule has 1 unspecified atom stereocenters. The van der Waals surface area contributed by atoms with Gasteiger partial charge in [-0.05, 0) is 25.2 Å². The van der Waals surface area contributed by atoms with Crippen LogP contribution in [0.4, 0.5) is 0 Å². The van der Waals surface area contributed by atoms with E-state index in [4.69, 9.17) is 0 Å². The molecule has 0 bridgehead atoms. The zero-order chi connectivity index (χ0) is 11.4. The first-order chi connectivity index (χ1) is 7.04. The quantitative estimate of drug-likeness (QED) is 0.707. The normalized spacial score (nSPS) is 26.9. The van der Waals surface area contributed by atoms with Crippen molar-refractivity contribution < 1.29 is 4.79 Å². The van der Waals surface area contributed by atoms with Gasteiger partial charge < -0.3 is 4.90 Å². The lowest BCUT2D eigenvalue weighted by Gasteiger charge is -2.35. The summed E-state index contributed by atoms with van der Waals surface area (Å²) < 4.78 is 0. The Morgan fingerprint density at radius 1 is 1.53 bits per heavy atom. The molecule has 0 aromatic heterocycles. The molecule has 0 saturated heterocycles. The minimum atomic E-state index is 0.194. The fourth-order valence-electron chi connectivity index (χ4n) is 2.21. The first kappa shape index (κ1) is 13.0. The number of nitrogens with zero attached hydrogens (tertiary/aromatic N) is 1. The molecular weight excluding hydrogens is 254 g/mol. The number of hydrogen-bond donors (Lipinski definition) is 0. The molecule has 88 valence electrons. The van der Waals surface area contributed by atoms with Gasteiger partial charge in [0.2, 0.25) is 5.91 Å². The van der Waals surface area contributed by atoms with Crippen molar-refractivity contribution in [2.75, 3.05) is 13.6 Å². The van der Waals surface area contributed by atoms with Crippen LogP contribution in [-0.2, 0) is 4.79 Å². The monoisotopic (exact) mass is 275 g/mol. The van der Waals surface area contributed by atoms with Crippen molar-refractivity contribution in [3.63, 3.8) is 0 Å². The van der Waals surface area contributed by atoms with Crippen molar-refractivity contribution >= 4 is 21.8 Å². The number of amides is 1. The fourth-order valence-corrected chi connectivity index (χ4v) is 3.27. The third-order valence-electron chi connectivity index (χ3n) is 3.23. The van der Waals surface area contributed by atoms with Gasteiger partial charge in [-0.1, -0.05) is 36.2 Å². The van der Waals surface area contributed by atoms with Crippen molar-refractivity contribution in [1.29, 1.82) is 0 Å². The molecule has 1 fully saturated rings. The van der Waals surface area contributed by atoms with E-state index < -0.39 is 0 Å². The van der Waals surface area contributed by atoms with E-state index in [2.05, 4.69) is 22.9 Å². The number of carbonyl (C=O) groups is 1. The first-order valence-corrected chi connectivity index (χ1v) is 6.85. The highest BCUT2D eigenvalue weighted by Crippen LogP contribution is 2.33. The summed E-state index contributed by atoms with van der Waals surface area (Å²) in [6.07, 6.45) is 4.54. The number of rotatable bonds is 5. The molecule has 0 N–H and O–H groups in total. The average Bonchev–Trinajstić information content (AvgIpc) is 2.14. The predicted octanol–water partition coefficient (Wildman–Crippen LogP) is 3.05. The zero-order valence-corrected chi connectivity index (χ0v) is 11.6. The van der Waals surface area contributed by atoms with E-state index in [1.165, 1.54) is 12.8 Å². The van der Waals surface area contributed by atoms with Crippen LogP contribution in [-0.4, -0.2) is 29.2 Å². The predicted molar refractivity (Wildman–Crippen MR) is 67.1 cm³/mol. The smallest absolute Gasteiger partial charge is 0.225 e. The van der Waals surface area contributed by atoms with Crippen LogP contribution in [0.5, 0.6) is 0 Å². The molecule has 1 amide bonds. The Hall–Kier alpha value is -0.0500. The van der Waals surface area contributed by atoms with Gasteiger partial charge in [0.25, 0.3) is 0 Å². The summed E-state index contributed by atoms with van der Waals surface area (Å²) in [4.78, 5) is 14.5. The SMILES string of the molecule is CCCC(C)C(=O)N(C)CC1CC(Br)C1. The Bertz CT molecular complexity index is 214. The van der Waals surface area contributed by atoms with Crippen LogP contribution in [0.2, 0.25) is 0 Å². The summed E-state index contributed by atoms with van der Waals surface area (Å²) >= 11 is 3.58. The molecule has 1 atom stereocenters. The molecular formula is C12H22BrNO. The Balaban J connectivity index is 2.26. The van der Waals surface area contributed by atoms with Crippen LogP contribution in [0.25, 0.3) is 0 Å². The molecule has 0 aromatic carbocycles. The van der Waals surface area contributed by atoms with Crippen molar-refractivity contribution in [3.8, 4) is 0 Å². The number of halogens is 1. The van der Waals surface area contributed by atoms with Crippen molar-refractivity contribution in [2.24, 2.45) is 11.8 Å². The maximum atomic E-state index is 11.9. The lowest BCUT2D eigenvalue weighted by Crippen LogP contribution is -2.39. The summed E-state index contributed by atoms with van der Waals surface area (Å²) in [5.41, 5.74) is 0. The highest BCUT2D eigenvalue weighted by Gasteiger charge is 2.29. The van der Waals surface area contributed by atoms with Gasteiger partial charge in [-0.2, -0.15) is 0 Å². The van der Waals surface area contributed by atoms with Gasteiger partial charge in [0.15, 0.2) is 0 Å². The maximum Gasteiger partial charge on any atom is 0.225 e. The lowest BCUT2D eigenvalue weighted by atomic mass is 9.85. The summed E-state index contributed by atoms with van der Waals surface area (Å²) in [6, 6.07) is 0. The fraction of sp³-hybridized carbons (Fsp3) is 0.917. The van der Waals surface area contributed by atoms with Crippen molar-refractivity contribution in [2.45, 2.75) is 44.4 Å². The molecule has 0 radical (unpaired) electrons. The third kappa shape index (κ3) is 3.78. The van der Waals surface area contributed by atoms with Crippen LogP contribution in [0.3, 0.4) is 0 Å². The van der Waals surface area contributed by atoms with E-state index in [0.29, 0.717) is 10.7 Å². The number of carbonyl (C=O) groups excluding carboxylic acids is 1. The molecule has 0 heterocycles. The van der Waals surface area contributed by atoms with Gasteiger partial charge in [0.05, 0.1) is 0 Å². The van der Waals surface area contributed by atoms with E-state index >= 15 is 0 Å². The Kier molecular flexibility index (Phi) is 5.10. The van der Waals surface area contributed by atoms with Gasteiger partial charge in [-0.15, -0.1) is 0 Å². The summed E-state index contributed by atoms with van der Waals surface area (Å²) in [7, 11) is 1.94. The molecule has 0 aliphatic heterocycles. The molecule has 15 heavy (non-hydrogen) atoms. The zero-order valence-electron chi connectivity index (χ0n) is 10.0. The van der Waals surface area contributed by atoms with Crippen LogP contribution in [0.1, 0.15) is 39.5 Å². The van der Waals surface area contributed by atoms with E-state index in [-0.39, 0.29) is 5.92 Å². The van der Waals surface area contributed by atoms with E-state index in [9.17, 15) is 4.79 Å². The Morgan fingerprint density at radius 2 is 2.13 bits per heavy atom. The number of hydrogen-bond acceptors (Lipinski definition) is 1. The highest BCUT2D eigenvalue weighted by molar-refractivity contribution is 9.09. The molecule has 1 saturated carbocycles. The van der Waals surface area contributed by atoms with E-state index in [1.54, 1.807) is 0 Å². The molecule has 0 spiro atoms. The second-order valence-electron chi connectivity index (χ2n) is 4.84. The molecule has 1 aliphatic carbocycles. The van der Waals surface area contributed by atoms with Crippen molar-refractivity contribution in [1.82, 2.24) is 4.90 Å². The Morgan fingerprint density at radius 3 is 2.60 bits per heavy atom. The van der Waals surface area contributed by atoms with Crippen LogP contribution in [0.15, 0.2) is 0 Å². The minimum absolute atomic E-state index is 0.194. The number of alkyl halides is 1. The van der Waals surface area contributed by atoms with Crippen LogP contribution in [0, 0.1) is 11.8 Å². The maximum absolute atomic E-state index is 11.9. The van der Waals surface area contributed by atoms with Gasteiger partial charge in [0.1, 0.15) is 0 Å². The molecule has 1 aliphatic rings. The molecule has 3 heteroatoms. The Labute approximate surface area is 102 Å². The van der Waals surface area contributed by atoms with Crippen LogP contribution >= 0.6 is 15.9 Å². The second kappa shape index (κ2) is 5.88. The third-order valence-corrected chi connectivity index (χ3v) is 3.98. The highest BCUT2D eigenvalue weighted by atomic mass is 79.9. The summed E-state index contributed by atoms with van der Waals surface area (Å²) in [5, 5.41) is 0. The average molecular weight is 276 g/mol. The second-order valence-corrected chi connectivity index (χ2v) is 6.14. The van der Waals surface area contributed by atoms with Gasteiger partial charge in [-0.3, -0.25) is 4.79 Å².